The Morgan fingerprint density at radius 2 is 2.04 bits per heavy atom. The number of hydrogen-bond donors (Lipinski definition) is 0. The van der Waals surface area contributed by atoms with Crippen LogP contribution in [0.2, 0.25) is 5.02 Å². The van der Waals surface area contributed by atoms with E-state index in [1.807, 2.05) is 25.1 Å². The summed E-state index contributed by atoms with van der Waals surface area (Å²) < 4.78 is 1.65. The number of aromatic nitrogens is 2. The van der Waals surface area contributed by atoms with E-state index < -0.39 is 4.92 Å². The fourth-order valence-electron chi connectivity index (χ4n) is 2.86. The SMILES string of the molecule is CC(c1cccc([N+](=O)[O-])c1)N(C)C(=O)c1cnn(Cc2ccccc2Cl)c1. The molecule has 1 amide bonds. The first-order valence-corrected chi connectivity index (χ1v) is 9.02. The third kappa shape index (κ3) is 4.20. The third-order valence-electron chi connectivity index (χ3n) is 4.64. The number of nitrogens with zero attached hydrogens (tertiary/aromatic N) is 4. The number of rotatable bonds is 6. The van der Waals surface area contributed by atoms with E-state index in [9.17, 15) is 14.9 Å². The van der Waals surface area contributed by atoms with Crippen LogP contribution in [0.1, 0.15) is 34.5 Å². The fourth-order valence-corrected chi connectivity index (χ4v) is 3.06. The van der Waals surface area contributed by atoms with Crippen molar-refractivity contribution in [2.45, 2.75) is 19.5 Å². The molecule has 0 N–H and O–H groups in total. The molecule has 3 aromatic rings. The Balaban J connectivity index is 1.75. The predicted molar refractivity (Wildman–Crippen MR) is 106 cm³/mol. The number of carbonyl (C=O) groups excluding carboxylic acids is 1. The summed E-state index contributed by atoms with van der Waals surface area (Å²) in [6, 6.07) is 13.4. The van der Waals surface area contributed by atoms with Gasteiger partial charge in [0.15, 0.2) is 0 Å². The van der Waals surface area contributed by atoms with Crippen LogP contribution in [-0.2, 0) is 6.54 Å². The highest BCUT2D eigenvalue weighted by molar-refractivity contribution is 6.31. The van der Waals surface area contributed by atoms with Crippen LogP contribution in [0.5, 0.6) is 0 Å². The lowest BCUT2D eigenvalue weighted by Crippen LogP contribution is -2.29. The second-order valence-corrected chi connectivity index (χ2v) is 6.87. The average Bonchev–Trinajstić information content (AvgIpc) is 3.16. The summed E-state index contributed by atoms with van der Waals surface area (Å²) in [6.07, 6.45) is 3.18. The topological polar surface area (TPSA) is 81.3 Å². The van der Waals surface area contributed by atoms with Gasteiger partial charge in [0.2, 0.25) is 0 Å². The number of carbonyl (C=O) groups is 1. The standard InChI is InChI=1S/C20H19ClN4O3/c1-14(15-7-5-8-18(10-15)25(27)28)23(2)20(26)17-11-22-24(13-17)12-16-6-3-4-9-19(16)21/h3-11,13-14H,12H2,1-2H3. The molecule has 1 heterocycles. The first-order chi connectivity index (χ1) is 13.4. The molecule has 2 aromatic carbocycles. The maximum absolute atomic E-state index is 12.8. The van der Waals surface area contributed by atoms with Crippen molar-refractivity contribution in [3.8, 4) is 0 Å². The minimum Gasteiger partial charge on any atom is -0.335 e. The molecule has 0 aliphatic carbocycles. The summed E-state index contributed by atoms with van der Waals surface area (Å²) in [4.78, 5) is 24.9. The molecule has 3 rings (SSSR count). The number of nitro benzene ring substituents is 1. The van der Waals surface area contributed by atoms with Crippen LogP contribution in [0.25, 0.3) is 0 Å². The van der Waals surface area contributed by atoms with Crippen LogP contribution < -0.4 is 0 Å². The predicted octanol–water partition coefficient (Wildman–Crippen LogP) is 4.33. The summed E-state index contributed by atoms with van der Waals surface area (Å²) in [7, 11) is 1.66. The third-order valence-corrected chi connectivity index (χ3v) is 5.00. The van der Waals surface area contributed by atoms with Gasteiger partial charge in [0.1, 0.15) is 0 Å². The van der Waals surface area contributed by atoms with Crippen LogP contribution in [0.4, 0.5) is 5.69 Å². The second kappa shape index (κ2) is 8.22. The Hall–Kier alpha value is -3.19. The van der Waals surface area contributed by atoms with Crippen LogP contribution in [0, 0.1) is 10.1 Å². The van der Waals surface area contributed by atoms with Gasteiger partial charge in [-0.2, -0.15) is 5.10 Å². The number of amides is 1. The minimum absolute atomic E-state index is 0.00208. The van der Waals surface area contributed by atoms with Crippen LogP contribution in [0.15, 0.2) is 60.9 Å². The average molecular weight is 399 g/mol. The maximum Gasteiger partial charge on any atom is 0.269 e. The van der Waals surface area contributed by atoms with E-state index in [0.29, 0.717) is 22.7 Å². The van der Waals surface area contributed by atoms with Gasteiger partial charge < -0.3 is 4.90 Å². The van der Waals surface area contributed by atoms with Gasteiger partial charge in [-0.15, -0.1) is 0 Å². The van der Waals surface area contributed by atoms with Crippen molar-refractivity contribution in [1.29, 1.82) is 0 Å². The number of benzene rings is 2. The number of nitro groups is 1. The van der Waals surface area contributed by atoms with Gasteiger partial charge in [-0.05, 0) is 24.1 Å². The monoisotopic (exact) mass is 398 g/mol. The van der Waals surface area contributed by atoms with Crippen LogP contribution in [-0.4, -0.2) is 32.6 Å². The van der Waals surface area contributed by atoms with E-state index in [-0.39, 0.29) is 17.6 Å². The zero-order valence-electron chi connectivity index (χ0n) is 15.4. The fraction of sp³-hybridized carbons (Fsp3) is 0.200. The first kappa shape index (κ1) is 19.6. The van der Waals surface area contributed by atoms with Crippen molar-refractivity contribution in [2.24, 2.45) is 0 Å². The van der Waals surface area contributed by atoms with Crippen molar-refractivity contribution < 1.29 is 9.72 Å². The van der Waals surface area contributed by atoms with Gasteiger partial charge >= 0.3 is 0 Å². The van der Waals surface area contributed by atoms with E-state index in [2.05, 4.69) is 5.10 Å². The molecule has 0 saturated heterocycles. The number of hydrogen-bond acceptors (Lipinski definition) is 4. The molecule has 0 saturated carbocycles. The van der Waals surface area contributed by atoms with Crippen molar-refractivity contribution in [1.82, 2.24) is 14.7 Å². The summed E-state index contributed by atoms with van der Waals surface area (Å²) >= 11 is 6.17. The summed E-state index contributed by atoms with van der Waals surface area (Å²) in [5.74, 6) is -0.218. The highest BCUT2D eigenvalue weighted by Crippen LogP contribution is 2.24. The molecule has 0 spiro atoms. The van der Waals surface area contributed by atoms with Crippen molar-refractivity contribution in [3.63, 3.8) is 0 Å². The summed E-state index contributed by atoms with van der Waals surface area (Å²) in [6.45, 7) is 2.28. The van der Waals surface area contributed by atoms with Gasteiger partial charge in [0.25, 0.3) is 11.6 Å². The minimum atomic E-state index is -0.448. The largest absolute Gasteiger partial charge is 0.335 e. The van der Waals surface area contributed by atoms with Crippen LogP contribution in [0.3, 0.4) is 0 Å². The first-order valence-electron chi connectivity index (χ1n) is 8.64. The lowest BCUT2D eigenvalue weighted by molar-refractivity contribution is -0.384. The quantitative estimate of drug-likeness (QED) is 0.457. The molecule has 0 radical (unpaired) electrons. The Bertz CT molecular complexity index is 1020. The zero-order chi connectivity index (χ0) is 20.3. The molecule has 28 heavy (non-hydrogen) atoms. The van der Waals surface area contributed by atoms with Crippen molar-refractivity contribution >= 4 is 23.2 Å². The van der Waals surface area contributed by atoms with Crippen molar-refractivity contribution in [3.05, 3.63) is 92.8 Å². The molecule has 0 aliphatic heterocycles. The summed E-state index contributed by atoms with van der Waals surface area (Å²) in [5, 5.41) is 15.9. The Morgan fingerprint density at radius 1 is 1.29 bits per heavy atom. The van der Waals surface area contributed by atoms with E-state index in [0.717, 1.165) is 5.56 Å². The van der Waals surface area contributed by atoms with E-state index in [1.54, 1.807) is 36.1 Å². The molecule has 8 heteroatoms. The number of non-ortho nitro benzene ring substituents is 1. The lowest BCUT2D eigenvalue weighted by atomic mass is 10.1. The molecular weight excluding hydrogens is 380 g/mol. The molecule has 1 unspecified atom stereocenters. The molecular formula is C20H19ClN4O3. The van der Waals surface area contributed by atoms with Crippen molar-refractivity contribution in [2.75, 3.05) is 7.05 Å². The van der Waals surface area contributed by atoms with Gasteiger partial charge in [-0.25, -0.2) is 0 Å². The Kier molecular flexibility index (Phi) is 5.75. The lowest BCUT2D eigenvalue weighted by Gasteiger charge is -2.24. The molecule has 0 fully saturated rings. The molecule has 144 valence electrons. The van der Waals surface area contributed by atoms with E-state index >= 15 is 0 Å². The molecule has 0 bridgehead atoms. The van der Waals surface area contributed by atoms with E-state index in [1.165, 1.54) is 23.2 Å². The Morgan fingerprint density at radius 3 is 2.75 bits per heavy atom. The molecule has 1 atom stereocenters. The maximum atomic E-state index is 12.8. The van der Waals surface area contributed by atoms with Crippen LogP contribution >= 0.6 is 11.6 Å². The Labute approximate surface area is 167 Å². The van der Waals surface area contributed by atoms with Gasteiger partial charge in [-0.3, -0.25) is 19.6 Å². The summed E-state index contributed by atoms with van der Waals surface area (Å²) in [5.41, 5.74) is 2.03. The highest BCUT2D eigenvalue weighted by Gasteiger charge is 2.21. The van der Waals surface area contributed by atoms with Gasteiger partial charge in [-0.1, -0.05) is 41.9 Å². The second-order valence-electron chi connectivity index (χ2n) is 6.46. The van der Waals surface area contributed by atoms with E-state index in [4.69, 9.17) is 11.6 Å². The van der Waals surface area contributed by atoms with Gasteiger partial charge in [0.05, 0.1) is 29.3 Å². The normalized spacial score (nSPS) is 11.8. The zero-order valence-corrected chi connectivity index (χ0v) is 16.2. The number of halogens is 1. The molecule has 1 aromatic heterocycles. The molecule has 7 nitrogen and oxygen atoms in total. The smallest absolute Gasteiger partial charge is 0.269 e. The highest BCUT2D eigenvalue weighted by atomic mass is 35.5. The molecule has 0 aliphatic rings. The van der Waals surface area contributed by atoms with Gasteiger partial charge in [0, 0.05) is 30.4 Å².